The standard InChI is InChI=1S/C10H19N3O2/c1-3-12-9(14)6-13-10(15)7(2)8-4-11-5-8/h7-8,11H,3-6H2,1-2H3,(H,12,14)(H,13,15). The van der Waals surface area contributed by atoms with E-state index in [1.54, 1.807) is 0 Å². The molecule has 3 N–H and O–H groups in total. The second-order valence-corrected chi connectivity index (χ2v) is 3.88. The summed E-state index contributed by atoms with van der Waals surface area (Å²) in [4.78, 5) is 22.7. The molecular weight excluding hydrogens is 194 g/mol. The summed E-state index contributed by atoms with van der Waals surface area (Å²) in [5.74, 6) is 0.234. The second kappa shape index (κ2) is 5.70. The fraction of sp³-hybridized carbons (Fsp3) is 0.800. The molecule has 0 aromatic carbocycles. The van der Waals surface area contributed by atoms with Crippen LogP contribution in [0, 0.1) is 11.8 Å². The van der Waals surface area contributed by atoms with E-state index in [4.69, 9.17) is 0 Å². The maximum Gasteiger partial charge on any atom is 0.239 e. The minimum absolute atomic E-state index is 0.0133. The quantitative estimate of drug-likeness (QED) is 0.554. The SMILES string of the molecule is CCNC(=O)CNC(=O)C(C)C1CNC1. The first-order valence-electron chi connectivity index (χ1n) is 5.40. The van der Waals surface area contributed by atoms with Gasteiger partial charge in [-0.25, -0.2) is 0 Å². The Kier molecular flexibility index (Phi) is 4.55. The smallest absolute Gasteiger partial charge is 0.239 e. The van der Waals surface area contributed by atoms with E-state index in [-0.39, 0.29) is 24.3 Å². The molecule has 0 radical (unpaired) electrons. The molecule has 0 spiro atoms. The molecule has 5 nitrogen and oxygen atoms in total. The van der Waals surface area contributed by atoms with E-state index in [2.05, 4.69) is 16.0 Å². The molecule has 0 aromatic heterocycles. The molecule has 15 heavy (non-hydrogen) atoms. The Labute approximate surface area is 90.0 Å². The van der Waals surface area contributed by atoms with Gasteiger partial charge in [-0.05, 0) is 25.9 Å². The van der Waals surface area contributed by atoms with Crippen LogP contribution in [0.2, 0.25) is 0 Å². The fourth-order valence-corrected chi connectivity index (χ4v) is 1.47. The maximum absolute atomic E-state index is 11.6. The van der Waals surface area contributed by atoms with E-state index in [9.17, 15) is 9.59 Å². The van der Waals surface area contributed by atoms with Crippen molar-refractivity contribution < 1.29 is 9.59 Å². The highest BCUT2D eigenvalue weighted by atomic mass is 16.2. The van der Waals surface area contributed by atoms with E-state index >= 15 is 0 Å². The zero-order valence-corrected chi connectivity index (χ0v) is 9.30. The van der Waals surface area contributed by atoms with Crippen LogP contribution in [0.4, 0.5) is 0 Å². The normalized spacial score (nSPS) is 17.7. The third-order valence-corrected chi connectivity index (χ3v) is 2.73. The fourth-order valence-electron chi connectivity index (χ4n) is 1.47. The molecule has 1 unspecified atom stereocenters. The summed E-state index contributed by atoms with van der Waals surface area (Å²) in [5.41, 5.74) is 0. The van der Waals surface area contributed by atoms with E-state index in [0.717, 1.165) is 13.1 Å². The zero-order valence-electron chi connectivity index (χ0n) is 9.30. The number of rotatable bonds is 5. The van der Waals surface area contributed by atoms with Crippen LogP contribution in [0.1, 0.15) is 13.8 Å². The topological polar surface area (TPSA) is 70.2 Å². The molecule has 1 heterocycles. The van der Waals surface area contributed by atoms with Crippen LogP contribution in [0.15, 0.2) is 0 Å². The lowest BCUT2D eigenvalue weighted by molar-refractivity contribution is -0.129. The van der Waals surface area contributed by atoms with E-state index in [1.165, 1.54) is 0 Å². The molecule has 1 rings (SSSR count). The summed E-state index contributed by atoms with van der Waals surface area (Å²) in [5, 5.41) is 8.39. The van der Waals surface area contributed by atoms with Crippen molar-refractivity contribution in [2.45, 2.75) is 13.8 Å². The monoisotopic (exact) mass is 213 g/mol. The van der Waals surface area contributed by atoms with Gasteiger partial charge in [0.1, 0.15) is 0 Å². The number of carbonyl (C=O) groups is 2. The average molecular weight is 213 g/mol. The number of carbonyl (C=O) groups excluding carboxylic acids is 2. The van der Waals surface area contributed by atoms with Crippen molar-refractivity contribution in [2.75, 3.05) is 26.2 Å². The van der Waals surface area contributed by atoms with Crippen LogP contribution in [0.25, 0.3) is 0 Å². The molecule has 0 bridgehead atoms. The molecule has 1 aliphatic rings. The zero-order chi connectivity index (χ0) is 11.3. The van der Waals surface area contributed by atoms with Crippen LogP contribution >= 0.6 is 0 Å². The summed E-state index contributed by atoms with van der Waals surface area (Å²) < 4.78 is 0. The van der Waals surface area contributed by atoms with E-state index < -0.39 is 0 Å². The molecule has 0 aromatic rings. The third kappa shape index (κ3) is 3.51. The summed E-state index contributed by atoms with van der Waals surface area (Å²) in [6.07, 6.45) is 0. The minimum atomic E-state index is -0.134. The van der Waals surface area contributed by atoms with Crippen LogP contribution in [-0.4, -0.2) is 38.0 Å². The van der Waals surface area contributed by atoms with Gasteiger partial charge >= 0.3 is 0 Å². The first-order chi connectivity index (χ1) is 7.15. The van der Waals surface area contributed by atoms with Gasteiger partial charge in [0.15, 0.2) is 0 Å². The Morgan fingerprint density at radius 1 is 1.40 bits per heavy atom. The van der Waals surface area contributed by atoms with E-state index in [1.807, 2.05) is 13.8 Å². The molecule has 86 valence electrons. The lowest BCUT2D eigenvalue weighted by Crippen LogP contribution is -2.50. The highest BCUT2D eigenvalue weighted by Gasteiger charge is 2.28. The van der Waals surface area contributed by atoms with Gasteiger partial charge in [0.05, 0.1) is 6.54 Å². The lowest BCUT2D eigenvalue weighted by Gasteiger charge is -2.31. The van der Waals surface area contributed by atoms with Gasteiger partial charge in [0.25, 0.3) is 0 Å². The van der Waals surface area contributed by atoms with Crippen molar-refractivity contribution >= 4 is 11.8 Å². The lowest BCUT2D eigenvalue weighted by atomic mass is 9.88. The Hall–Kier alpha value is -1.10. The number of nitrogens with one attached hydrogen (secondary N) is 3. The van der Waals surface area contributed by atoms with Crippen molar-refractivity contribution in [1.82, 2.24) is 16.0 Å². The van der Waals surface area contributed by atoms with Crippen molar-refractivity contribution in [3.63, 3.8) is 0 Å². The van der Waals surface area contributed by atoms with Crippen LogP contribution in [0.3, 0.4) is 0 Å². The molecular formula is C10H19N3O2. The summed E-state index contributed by atoms with van der Waals surface area (Å²) in [6.45, 7) is 6.22. The average Bonchev–Trinajstić information content (AvgIpc) is 2.11. The first-order valence-corrected chi connectivity index (χ1v) is 5.40. The van der Waals surface area contributed by atoms with Crippen LogP contribution in [0.5, 0.6) is 0 Å². The number of hydrogen-bond donors (Lipinski definition) is 3. The minimum Gasteiger partial charge on any atom is -0.355 e. The third-order valence-electron chi connectivity index (χ3n) is 2.73. The van der Waals surface area contributed by atoms with Gasteiger partial charge in [-0.3, -0.25) is 9.59 Å². The van der Waals surface area contributed by atoms with Gasteiger partial charge in [-0.1, -0.05) is 6.92 Å². The van der Waals surface area contributed by atoms with Crippen LogP contribution < -0.4 is 16.0 Å². The predicted molar refractivity (Wildman–Crippen MR) is 57.2 cm³/mol. The van der Waals surface area contributed by atoms with Crippen molar-refractivity contribution in [2.24, 2.45) is 11.8 Å². The van der Waals surface area contributed by atoms with Gasteiger partial charge in [-0.15, -0.1) is 0 Å². The van der Waals surface area contributed by atoms with Crippen molar-refractivity contribution in [3.8, 4) is 0 Å². The molecule has 0 aliphatic carbocycles. The van der Waals surface area contributed by atoms with Crippen LogP contribution in [-0.2, 0) is 9.59 Å². The highest BCUT2D eigenvalue weighted by molar-refractivity contribution is 5.85. The Morgan fingerprint density at radius 2 is 2.07 bits per heavy atom. The van der Waals surface area contributed by atoms with Gasteiger partial charge in [-0.2, -0.15) is 0 Å². The summed E-state index contributed by atoms with van der Waals surface area (Å²) in [7, 11) is 0. The molecule has 1 saturated heterocycles. The molecule has 1 atom stereocenters. The van der Waals surface area contributed by atoms with Gasteiger partial charge in [0.2, 0.25) is 11.8 Å². The Bertz CT molecular complexity index is 239. The maximum atomic E-state index is 11.6. The van der Waals surface area contributed by atoms with Gasteiger partial charge in [0, 0.05) is 12.5 Å². The predicted octanol–water partition coefficient (Wildman–Crippen LogP) is -0.906. The largest absolute Gasteiger partial charge is 0.355 e. The molecule has 5 heteroatoms. The molecule has 2 amide bonds. The summed E-state index contributed by atoms with van der Waals surface area (Å²) in [6, 6.07) is 0. The molecule has 1 aliphatic heterocycles. The van der Waals surface area contributed by atoms with E-state index in [0.29, 0.717) is 12.5 Å². The van der Waals surface area contributed by atoms with Gasteiger partial charge < -0.3 is 16.0 Å². The number of amides is 2. The second-order valence-electron chi connectivity index (χ2n) is 3.88. The number of hydrogen-bond acceptors (Lipinski definition) is 3. The number of likely N-dealkylation sites (N-methyl/N-ethyl adjacent to an activating group) is 1. The summed E-state index contributed by atoms with van der Waals surface area (Å²) >= 11 is 0. The molecule has 1 fully saturated rings. The first kappa shape index (κ1) is 12.0. The highest BCUT2D eigenvalue weighted by Crippen LogP contribution is 2.15. The van der Waals surface area contributed by atoms with Crippen molar-refractivity contribution in [1.29, 1.82) is 0 Å². The molecule has 0 saturated carbocycles. The Balaban J connectivity index is 2.19. The van der Waals surface area contributed by atoms with Crippen molar-refractivity contribution in [3.05, 3.63) is 0 Å². The Morgan fingerprint density at radius 3 is 2.53 bits per heavy atom.